The largest absolute Gasteiger partial charge is 0.468 e. The van der Waals surface area contributed by atoms with E-state index in [0.717, 1.165) is 18.9 Å². The third-order valence-corrected chi connectivity index (χ3v) is 5.29. The van der Waals surface area contributed by atoms with Gasteiger partial charge in [0.05, 0.1) is 12.6 Å². The maximum atomic E-state index is 13.9. The maximum Gasteiger partial charge on any atom is 0.326 e. The van der Waals surface area contributed by atoms with Crippen molar-refractivity contribution in [2.45, 2.75) is 49.6 Å². The molecule has 1 fully saturated rings. The number of carbonyl (C=O) groups excluding carboxylic acids is 1. The van der Waals surface area contributed by atoms with Gasteiger partial charge in [-0.1, -0.05) is 12.8 Å². The quantitative estimate of drug-likeness (QED) is 0.810. The molecule has 1 aromatic rings. The van der Waals surface area contributed by atoms with Crippen LogP contribution in [0.3, 0.4) is 0 Å². The summed E-state index contributed by atoms with van der Waals surface area (Å²) in [4.78, 5) is 12.2. The molecule has 1 aromatic carbocycles. The van der Waals surface area contributed by atoms with Crippen molar-refractivity contribution in [3.63, 3.8) is 0 Å². The number of rotatable bonds is 4. The van der Waals surface area contributed by atoms with Crippen LogP contribution in [-0.2, 0) is 21.5 Å². The molecule has 1 unspecified atom stereocenters. The molecule has 0 heterocycles. The molecule has 0 aromatic heterocycles. The summed E-state index contributed by atoms with van der Waals surface area (Å²) >= 11 is 0. The molecule has 7 heteroatoms. The molecule has 0 bridgehead atoms. The minimum absolute atomic E-state index is 0. The first-order valence-electron chi connectivity index (χ1n) is 8.01. The van der Waals surface area contributed by atoms with Crippen molar-refractivity contribution >= 4 is 18.4 Å². The Morgan fingerprint density at radius 1 is 1.29 bits per heavy atom. The number of carbonyl (C=O) groups is 1. The van der Waals surface area contributed by atoms with Crippen LogP contribution in [0.5, 0.6) is 0 Å². The molecule has 3 N–H and O–H groups in total. The standard InChI is InChI=1S/C17H22F2N2O2.ClH/c1-23-15(22)17(5-2-3-6-17)21-10-16(20)7-4-12-13(16)8-11(18)9-14(12)19;/h8-9,21H,2-7,10,20H2,1H3;1H. The SMILES string of the molecule is COC(=O)C1(NCC2(N)CCc3c(F)cc(F)cc32)CCCC1.Cl. The first-order chi connectivity index (χ1) is 10.9. The van der Waals surface area contributed by atoms with E-state index in [9.17, 15) is 13.6 Å². The van der Waals surface area contributed by atoms with Crippen LogP contribution < -0.4 is 11.1 Å². The van der Waals surface area contributed by atoms with Gasteiger partial charge in [0.2, 0.25) is 0 Å². The summed E-state index contributed by atoms with van der Waals surface area (Å²) in [5.41, 5.74) is 5.82. The van der Waals surface area contributed by atoms with Gasteiger partial charge in [0, 0.05) is 12.6 Å². The second-order valence-electron chi connectivity index (χ2n) is 6.70. The van der Waals surface area contributed by atoms with E-state index < -0.39 is 22.7 Å². The lowest BCUT2D eigenvalue weighted by atomic mass is 9.90. The fourth-order valence-electron chi connectivity index (χ4n) is 3.92. The van der Waals surface area contributed by atoms with Gasteiger partial charge < -0.3 is 10.5 Å². The van der Waals surface area contributed by atoms with Gasteiger partial charge in [-0.05, 0) is 42.9 Å². The minimum Gasteiger partial charge on any atom is -0.468 e. The van der Waals surface area contributed by atoms with Crippen molar-refractivity contribution in [1.29, 1.82) is 0 Å². The topological polar surface area (TPSA) is 64.3 Å². The predicted molar refractivity (Wildman–Crippen MR) is 89.0 cm³/mol. The molecule has 0 amide bonds. The van der Waals surface area contributed by atoms with E-state index in [-0.39, 0.29) is 24.9 Å². The number of hydrogen-bond acceptors (Lipinski definition) is 4. The molecule has 0 aliphatic heterocycles. The molecule has 0 saturated heterocycles. The van der Waals surface area contributed by atoms with Gasteiger partial charge in [-0.2, -0.15) is 0 Å². The molecule has 134 valence electrons. The van der Waals surface area contributed by atoms with Gasteiger partial charge in [-0.15, -0.1) is 12.4 Å². The normalized spacial score (nSPS) is 24.3. The number of ether oxygens (including phenoxy) is 1. The highest BCUT2D eigenvalue weighted by Crippen LogP contribution is 2.38. The molecule has 0 spiro atoms. The number of esters is 1. The van der Waals surface area contributed by atoms with E-state index in [1.807, 2.05) is 0 Å². The van der Waals surface area contributed by atoms with Crippen molar-refractivity contribution in [1.82, 2.24) is 5.32 Å². The number of nitrogens with two attached hydrogens (primary N) is 1. The van der Waals surface area contributed by atoms with E-state index in [1.54, 1.807) is 0 Å². The molecule has 2 aliphatic carbocycles. The van der Waals surface area contributed by atoms with Crippen LogP contribution in [-0.4, -0.2) is 25.2 Å². The van der Waals surface area contributed by atoms with Crippen molar-refractivity contribution in [2.75, 3.05) is 13.7 Å². The van der Waals surface area contributed by atoms with Crippen molar-refractivity contribution in [3.05, 3.63) is 34.9 Å². The smallest absolute Gasteiger partial charge is 0.326 e. The van der Waals surface area contributed by atoms with Gasteiger partial charge in [-0.3, -0.25) is 10.1 Å². The zero-order valence-electron chi connectivity index (χ0n) is 13.7. The molecule has 1 atom stereocenters. The maximum absolute atomic E-state index is 13.9. The lowest BCUT2D eigenvalue weighted by Gasteiger charge is -2.33. The lowest BCUT2D eigenvalue weighted by Crippen LogP contribution is -2.56. The number of methoxy groups -OCH3 is 1. The predicted octanol–water partition coefficient (Wildman–Crippen LogP) is 2.56. The van der Waals surface area contributed by atoms with Crippen molar-refractivity contribution in [2.24, 2.45) is 5.73 Å². The van der Waals surface area contributed by atoms with Gasteiger partial charge in [-0.25, -0.2) is 8.78 Å². The van der Waals surface area contributed by atoms with Gasteiger partial charge in [0.25, 0.3) is 0 Å². The van der Waals surface area contributed by atoms with Gasteiger partial charge in [0.15, 0.2) is 0 Å². The zero-order valence-corrected chi connectivity index (χ0v) is 14.5. The summed E-state index contributed by atoms with van der Waals surface area (Å²) in [5, 5.41) is 3.26. The van der Waals surface area contributed by atoms with Gasteiger partial charge >= 0.3 is 5.97 Å². The molecule has 3 rings (SSSR count). The highest BCUT2D eigenvalue weighted by atomic mass is 35.5. The fourth-order valence-corrected chi connectivity index (χ4v) is 3.92. The van der Waals surface area contributed by atoms with Crippen LogP contribution in [0.15, 0.2) is 12.1 Å². The van der Waals surface area contributed by atoms with Crippen LogP contribution in [0, 0.1) is 11.6 Å². The second kappa shape index (κ2) is 6.94. The van der Waals surface area contributed by atoms with Crippen LogP contribution in [0.2, 0.25) is 0 Å². The first kappa shape index (κ1) is 19.1. The highest BCUT2D eigenvalue weighted by molar-refractivity contribution is 5.85. The Labute approximate surface area is 146 Å². The third-order valence-electron chi connectivity index (χ3n) is 5.29. The van der Waals surface area contributed by atoms with Crippen LogP contribution in [0.1, 0.15) is 43.2 Å². The number of hydrogen-bond donors (Lipinski definition) is 2. The summed E-state index contributed by atoms with van der Waals surface area (Å²) in [6.07, 6.45) is 4.27. The molecule has 24 heavy (non-hydrogen) atoms. The second-order valence-corrected chi connectivity index (χ2v) is 6.70. The molecule has 1 saturated carbocycles. The van der Waals surface area contributed by atoms with Crippen LogP contribution in [0.4, 0.5) is 8.78 Å². The van der Waals surface area contributed by atoms with Crippen LogP contribution in [0.25, 0.3) is 0 Å². The van der Waals surface area contributed by atoms with E-state index in [1.165, 1.54) is 13.2 Å². The zero-order chi connectivity index (χ0) is 16.7. The number of benzene rings is 1. The van der Waals surface area contributed by atoms with Crippen molar-refractivity contribution < 1.29 is 18.3 Å². The monoisotopic (exact) mass is 360 g/mol. The Kier molecular flexibility index (Phi) is 5.52. The van der Waals surface area contributed by atoms with Crippen LogP contribution >= 0.6 is 12.4 Å². The third kappa shape index (κ3) is 3.15. The van der Waals surface area contributed by atoms with E-state index >= 15 is 0 Å². The molecule has 2 aliphatic rings. The lowest BCUT2D eigenvalue weighted by molar-refractivity contribution is -0.148. The van der Waals surface area contributed by atoms with Gasteiger partial charge in [0.1, 0.15) is 17.2 Å². The average Bonchev–Trinajstić information content (AvgIpc) is 3.12. The Hall–Kier alpha value is -1.24. The Morgan fingerprint density at radius 3 is 2.58 bits per heavy atom. The summed E-state index contributed by atoms with van der Waals surface area (Å²) in [6, 6.07) is 2.21. The number of halogens is 3. The summed E-state index contributed by atoms with van der Waals surface area (Å²) in [7, 11) is 1.37. The summed E-state index contributed by atoms with van der Waals surface area (Å²) in [5.74, 6) is -1.46. The van der Waals surface area contributed by atoms with E-state index in [2.05, 4.69) is 5.32 Å². The fraction of sp³-hybridized carbons (Fsp3) is 0.588. The molecular weight excluding hydrogens is 338 g/mol. The minimum atomic E-state index is -0.873. The summed E-state index contributed by atoms with van der Waals surface area (Å²) < 4.78 is 32.4. The number of fused-ring (bicyclic) bond motifs is 1. The summed E-state index contributed by atoms with van der Waals surface area (Å²) in [6.45, 7) is 0.290. The number of nitrogens with one attached hydrogen (secondary N) is 1. The van der Waals surface area contributed by atoms with E-state index in [4.69, 9.17) is 10.5 Å². The molecule has 0 radical (unpaired) electrons. The molecule has 4 nitrogen and oxygen atoms in total. The van der Waals surface area contributed by atoms with Crippen molar-refractivity contribution in [3.8, 4) is 0 Å². The highest BCUT2D eigenvalue weighted by Gasteiger charge is 2.45. The molecular formula is C17H23ClF2N2O2. The average molecular weight is 361 g/mol. The Morgan fingerprint density at radius 2 is 1.96 bits per heavy atom. The van der Waals surface area contributed by atoms with E-state index in [0.29, 0.717) is 36.8 Å². The Bertz CT molecular complexity index is 635. The first-order valence-corrected chi connectivity index (χ1v) is 8.01. The Balaban J connectivity index is 0.00000208.